The van der Waals surface area contributed by atoms with Crippen molar-refractivity contribution < 1.29 is 14.7 Å². The van der Waals surface area contributed by atoms with Crippen LogP contribution < -0.4 is 5.32 Å². The van der Waals surface area contributed by atoms with Gasteiger partial charge in [-0.15, -0.1) is 0 Å². The molecule has 1 aromatic carbocycles. The minimum atomic E-state index is -1.09. The number of para-hydroxylation sites is 1. The van der Waals surface area contributed by atoms with Gasteiger partial charge in [0.15, 0.2) is 0 Å². The van der Waals surface area contributed by atoms with E-state index in [0.717, 1.165) is 28.5 Å². The first-order valence-corrected chi connectivity index (χ1v) is 7.48. The van der Waals surface area contributed by atoms with Crippen molar-refractivity contribution in [1.29, 1.82) is 0 Å². The number of carbonyl (C=O) groups is 2. The van der Waals surface area contributed by atoms with E-state index in [1.165, 1.54) is 0 Å². The molecule has 1 aromatic heterocycles. The number of nitrogens with zero attached hydrogens (tertiary/aromatic N) is 1. The van der Waals surface area contributed by atoms with Gasteiger partial charge in [0.25, 0.3) is 5.91 Å². The Kier molecular flexibility index (Phi) is 3.24. The summed E-state index contributed by atoms with van der Waals surface area (Å²) in [6, 6.07) is 5.97. The fourth-order valence-electron chi connectivity index (χ4n) is 3.42. The van der Waals surface area contributed by atoms with Crippen LogP contribution in [0.15, 0.2) is 18.2 Å². The highest BCUT2D eigenvalue weighted by Gasteiger charge is 2.46. The van der Waals surface area contributed by atoms with Gasteiger partial charge in [0, 0.05) is 12.4 Å². The smallest absolute Gasteiger partial charge is 0.329 e. The van der Waals surface area contributed by atoms with E-state index in [1.807, 2.05) is 43.7 Å². The fraction of sp³-hybridized carbons (Fsp3) is 0.412. The zero-order chi connectivity index (χ0) is 16.1. The van der Waals surface area contributed by atoms with Crippen molar-refractivity contribution in [3.8, 4) is 0 Å². The molecule has 116 valence electrons. The summed E-state index contributed by atoms with van der Waals surface area (Å²) in [6.45, 7) is 3.92. The Balaban J connectivity index is 2.05. The van der Waals surface area contributed by atoms with Gasteiger partial charge in [-0.05, 0) is 44.2 Å². The van der Waals surface area contributed by atoms with E-state index in [1.54, 1.807) is 0 Å². The molecule has 2 N–H and O–H groups in total. The van der Waals surface area contributed by atoms with Gasteiger partial charge in [-0.25, -0.2) is 4.79 Å². The molecule has 0 bridgehead atoms. The normalized spacial score (nSPS) is 16.3. The first-order chi connectivity index (χ1) is 10.4. The van der Waals surface area contributed by atoms with Crippen LogP contribution >= 0.6 is 0 Å². The van der Waals surface area contributed by atoms with E-state index in [2.05, 4.69) is 5.32 Å². The average molecular weight is 300 g/mol. The number of carbonyl (C=O) groups excluding carboxylic acids is 1. The molecule has 2 aromatic rings. The number of rotatable bonds is 3. The molecule has 0 aliphatic heterocycles. The van der Waals surface area contributed by atoms with Gasteiger partial charge < -0.3 is 15.0 Å². The average Bonchev–Trinajstić information content (AvgIpc) is 2.67. The van der Waals surface area contributed by atoms with Crippen molar-refractivity contribution in [2.45, 2.75) is 38.6 Å². The highest BCUT2D eigenvalue weighted by atomic mass is 16.4. The van der Waals surface area contributed by atoms with Gasteiger partial charge in [0.1, 0.15) is 11.2 Å². The lowest BCUT2D eigenvalue weighted by Gasteiger charge is -2.38. The summed E-state index contributed by atoms with van der Waals surface area (Å²) in [6.07, 6.45) is 1.83. The highest BCUT2D eigenvalue weighted by Crippen LogP contribution is 2.33. The number of hydrogen-bond donors (Lipinski definition) is 2. The van der Waals surface area contributed by atoms with Crippen molar-refractivity contribution in [3.63, 3.8) is 0 Å². The first-order valence-electron chi connectivity index (χ1n) is 7.48. The van der Waals surface area contributed by atoms with E-state index >= 15 is 0 Å². The van der Waals surface area contributed by atoms with Crippen LogP contribution in [0.25, 0.3) is 10.9 Å². The van der Waals surface area contributed by atoms with E-state index in [9.17, 15) is 14.7 Å². The van der Waals surface area contributed by atoms with Gasteiger partial charge in [0.05, 0.1) is 5.52 Å². The van der Waals surface area contributed by atoms with E-state index < -0.39 is 11.5 Å². The summed E-state index contributed by atoms with van der Waals surface area (Å²) < 4.78 is 1.86. The molecular formula is C17H20N2O3. The number of aliphatic carboxylic acids is 1. The maximum atomic E-state index is 12.7. The molecule has 1 aliphatic rings. The molecule has 5 nitrogen and oxygen atoms in total. The standard InChI is InChI=1S/C17H20N2O3/c1-10-6-4-7-12-11(2)14(19(3)13(10)12)15(20)18-17(16(21)22)8-5-9-17/h4,6-7H,5,8-9H2,1-3H3,(H,18,20)(H,21,22). The maximum absolute atomic E-state index is 12.7. The third kappa shape index (κ3) is 1.92. The zero-order valence-corrected chi connectivity index (χ0v) is 13.1. The third-order valence-corrected chi connectivity index (χ3v) is 4.85. The number of carboxylic acids is 1. The Labute approximate surface area is 128 Å². The second kappa shape index (κ2) is 4.87. The van der Waals surface area contributed by atoms with Crippen LogP contribution in [0.1, 0.15) is 40.9 Å². The van der Waals surface area contributed by atoms with Crippen LogP contribution in [0.3, 0.4) is 0 Å². The molecule has 22 heavy (non-hydrogen) atoms. The number of benzene rings is 1. The van der Waals surface area contributed by atoms with Crippen LogP contribution in [-0.4, -0.2) is 27.1 Å². The van der Waals surface area contributed by atoms with Gasteiger partial charge in [-0.3, -0.25) is 4.79 Å². The van der Waals surface area contributed by atoms with Crippen LogP contribution in [-0.2, 0) is 11.8 Å². The van der Waals surface area contributed by atoms with Gasteiger partial charge in [0.2, 0.25) is 0 Å². The predicted octanol–water partition coefficient (Wildman–Crippen LogP) is 2.53. The Morgan fingerprint density at radius 3 is 2.45 bits per heavy atom. The molecule has 0 spiro atoms. The zero-order valence-electron chi connectivity index (χ0n) is 13.1. The number of nitrogens with one attached hydrogen (secondary N) is 1. The van der Waals surface area contributed by atoms with Crippen molar-refractivity contribution >= 4 is 22.8 Å². The number of carboxylic acid groups (broad SMARTS) is 1. The first kappa shape index (κ1) is 14.6. The summed E-state index contributed by atoms with van der Waals surface area (Å²) in [7, 11) is 1.85. The summed E-state index contributed by atoms with van der Waals surface area (Å²) in [4.78, 5) is 24.1. The minimum absolute atomic E-state index is 0.308. The number of aromatic nitrogens is 1. The molecule has 0 atom stereocenters. The quantitative estimate of drug-likeness (QED) is 0.915. The molecule has 1 saturated carbocycles. The molecule has 5 heteroatoms. The molecule has 3 rings (SSSR count). The summed E-state index contributed by atoms with van der Waals surface area (Å²) >= 11 is 0. The van der Waals surface area contributed by atoms with Crippen molar-refractivity contribution in [3.05, 3.63) is 35.0 Å². The van der Waals surface area contributed by atoms with E-state index in [4.69, 9.17) is 0 Å². The van der Waals surface area contributed by atoms with Gasteiger partial charge >= 0.3 is 5.97 Å². The van der Waals surface area contributed by atoms with Crippen LogP contribution in [0.5, 0.6) is 0 Å². The molecule has 1 heterocycles. The number of fused-ring (bicyclic) bond motifs is 1. The topological polar surface area (TPSA) is 71.3 Å². The highest BCUT2D eigenvalue weighted by molar-refractivity contribution is 6.04. The third-order valence-electron chi connectivity index (χ3n) is 4.85. The molecule has 0 unspecified atom stereocenters. The Morgan fingerprint density at radius 1 is 1.27 bits per heavy atom. The van der Waals surface area contributed by atoms with Gasteiger partial charge in [-0.1, -0.05) is 18.2 Å². The fourth-order valence-corrected chi connectivity index (χ4v) is 3.42. The Hall–Kier alpha value is -2.30. The number of amides is 1. The number of aryl methyl sites for hydroxylation is 3. The molecular weight excluding hydrogens is 280 g/mol. The second-order valence-electron chi connectivity index (χ2n) is 6.20. The molecule has 1 aliphatic carbocycles. The minimum Gasteiger partial charge on any atom is -0.480 e. The van der Waals surface area contributed by atoms with Crippen LogP contribution in [0.2, 0.25) is 0 Å². The Morgan fingerprint density at radius 2 is 1.95 bits per heavy atom. The predicted molar refractivity (Wildman–Crippen MR) is 84.1 cm³/mol. The molecule has 0 radical (unpaired) electrons. The van der Waals surface area contributed by atoms with Gasteiger partial charge in [-0.2, -0.15) is 0 Å². The van der Waals surface area contributed by atoms with Crippen molar-refractivity contribution in [2.75, 3.05) is 0 Å². The monoisotopic (exact) mass is 300 g/mol. The number of hydrogen-bond acceptors (Lipinski definition) is 2. The summed E-state index contributed by atoms with van der Waals surface area (Å²) in [5.74, 6) is -1.25. The lowest BCUT2D eigenvalue weighted by Crippen LogP contribution is -2.59. The second-order valence-corrected chi connectivity index (χ2v) is 6.20. The largest absolute Gasteiger partial charge is 0.480 e. The maximum Gasteiger partial charge on any atom is 0.329 e. The molecule has 0 saturated heterocycles. The SMILES string of the molecule is Cc1c(C(=O)NC2(C(=O)O)CCC2)n(C)c2c(C)cccc12. The molecule has 1 fully saturated rings. The van der Waals surface area contributed by atoms with E-state index in [0.29, 0.717) is 18.5 Å². The van der Waals surface area contributed by atoms with Crippen molar-refractivity contribution in [2.24, 2.45) is 7.05 Å². The van der Waals surface area contributed by atoms with E-state index in [-0.39, 0.29) is 5.91 Å². The van der Waals surface area contributed by atoms with Crippen molar-refractivity contribution in [1.82, 2.24) is 9.88 Å². The summed E-state index contributed by atoms with van der Waals surface area (Å²) in [5, 5.41) is 13.2. The Bertz CT molecular complexity index is 785. The lowest BCUT2D eigenvalue weighted by molar-refractivity contribution is -0.148. The summed E-state index contributed by atoms with van der Waals surface area (Å²) in [5.41, 5.74) is 2.45. The lowest BCUT2D eigenvalue weighted by atomic mass is 9.76. The van der Waals surface area contributed by atoms with Crippen LogP contribution in [0.4, 0.5) is 0 Å². The van der Waals surface area contributed by atoms with Crippen LogP contribution in [0, 0.1) is 13.8 Å². The molecule has 1 amide bonds.